The molecule has 3 heteroatoms. The Kier molecular flexibility index (Phi) is 4.99. The van der Waals surface area contributed by atoms with Gasteiger partial charge >= 0.3 is 0 Å². The lowest BCUT2D eigenvalue weighted by molar-refractivity contribution is 0.0752. The molecule has 1 amide bonds. The molecular weight excluding hydrogens is 262 g/mol. The number of methoxy groups -OCH3 is 1. The molecule has 21 heavy (non-hydrogen) atoms. The molecule has 0 aliphatic carbocycles. The van der Waals surface area contributed by atoms with Crippen LogP contribution >= 0.6 is 0 Å². The molecule has 0 N–H and O–H groups in total. The predicted octanol–water partition coefficient (Wildman–Crippen LogP) is 3.67. The number of rotatable bonds is 5. The first-order chi connectivity index (χ1) is 10.2. The van der Waals surface area contributed by atoms with E-state index in [1.165, 1.54) is 0 Å². The van der Waals surface area contributed by atoms with Crippen molar-refractivity contribution in [3.05, 3.63) is 65.2 Å². The SMILES string of the molecule is CCN(Cc1ccccc1)C(=O)c1ccc(OC)c(C)c1. The minimum atomic E-state index is 0.0482. The molecule has 0 unspecified atom stereocenters. The molecule has 0 radical (unpaired) electrons. The highest BCUT2D eigenvalue weighted by atomic mass is 16.5. The van der Waals surface area contributed by atoms with Crippen LogP contribution in [0.4, 0.5) is 0 Å². The van der Waals surface area contributed by atoms with E-state index < -0.39 is 0 Å². The quantitative estimate of drug-likeness (QED) is 0.838. The van der Waals surface area contributed by atoms with Crippen molar-refractivity contribution in [1.29, 1.82) is 0 Å². The third-order valence-electron chi connectivity index (χ3n) is 3.53. The summed E-state index contributed by atoms with van der Waals surface area (Å²) in [6.07, 6.45) is 0. The molecule has 2 aromatic rings. The Hall–Kier alpha value is -2.29. The van der Waals surface area contributed by atoms with Crippen LogP contribution in [-0.2, 0) is 6.54 Å². The summed E-state index contributed by atoms with van der Waals surface area (Å²) in [4.78, 5) is 14.5. The molecular formula is C18H21NO2. The number of benzene rings is 2. The molecule has 0 saturated heterocycles. The fourth-order valence-electron chi connectivity index (χ4n) is 2.33. The number of carbonyl (C=O) groups excluding carboxylic acids is 1. The summed E-state index contributed by atoms with van der Waals surface area (Å²) in [7, 11) is 1.64. The lowest BCUT2D eigenvalue weighted by Gasteiger charge is -2.21. The maximum atomic E-state index is 12.6. The van der Waals surface area contributed by atoms with E-state index in [1.54, 1.807) is 7.11 Å². The number of amides is 1. The van der Waals surface area contributed by atoms with Gasteiger partial charge in [0.15, 0.2) is 0 Å². The van der Waals surface area contributed by atoms with Crippen molar-refractivity contribution < 1.29 is 9.53 Å². The Labute approximate surface area is 126 Å². The van der Waals surface area contributed by atoms with Crippen LogP contribution in [0.3, 0.4) is 0 Å². The van der Waals surface area contributed by atoms with Gasteiger partial charge in [-0.25, -0.2) is 0 Å². The number of hydrogen-bond donors (Lipinski definition) is 0. The van der Waals surface area contributed by atoms with Crippen molar-refractivity contribution in [2.24, 2.45) is 0 Å². The Morgan fingerprint density at radius 3 is 2.43 bits per heavy atom. The van der Waals surface area contributed by atoms with Gasteiger partial charge in [-0.2, -0.15) is 0 Å². The zero-order valence-electron chi connectivity index (χ0n) is 12.8. The first-order valence-electron chi connectivity index (χ1n) is 7.13. The van der Waals surface area contributed by atoms with Crippen molar-refractivity contribution in [3.63, 3.8) is 0 Å². The number of aryl methyl sites for hydroxylation is 1. The van der Waals surface area contributed by atoms with Gasteiger partial charge in [-0.3, -0.25) is 4.79 Å². The lowest BCUT2D eigenvalue weighted by Crippen LogP contribution is -2.30. The third kappa shape index (κ3) is 3.63. The van der Waals surface area contributed by atoms with Crippen LogP contribution < -0.4 is 4.74 Å². The fraction of sp³-hybridized carbons (Fsp3) is 0.278. The highest BCUT2D eigenvalue weighted by Gasteiger charge is 2.15. The van der Waals surface area contributed by atoms with Gasteiger partial charge in [0.25, 0.3) is 5.91 Å². The molecule has 0 aromatic heterocycles. The maximum absolute atomic E-state index is 12.6. The van der Waals surface area contributed by atoms with Gasteiger partial charge in [0.2, 0.25) is 0 Å². The summed E-state index contributed by atoms with van der Waals surface area (Å²) in [6.45, 7) is 5.25. The second-order valence-electron chi connectivity index (χ2n) is 4.99. The molecule has 0 heterocycles. The molecule has 0 bridgehead atoms. The van der Waals surface area contributed by atoms with Gasteiger partial charge in [0, 0.05) is 18.7 Å². The van der Waals surface area contributed by atoms with Crippen LogP contribution in [0, 0.1) is 6.92 Å². The third-order valence-corrected chi connectivity index (χ3v) is 3.53. The monoisotopic (exact) mass is 283 g/mol. The lowest BCUT2D eigenvalue weighted by atomic mass is 10.1. The normalized spacial score (nSPS) is 10.2. The van der Waals surface area contributed by atoms with E-state index in [1.807, 2.05) is 67.3 Å². The molecule has 0 atom stereocenters. The average Bonchev–Trinajstić information content (AvgIpc) is 2.53. The van der Waals surface area contributed by atoms with Crippen LogP contribution in [0.2, 0.25) is 0 Å². The second-order valence-corrected chi connectivity index (χ2v) is 4.99. The maximum Gasteiger partial charge on any atom is 0.254 e. The summed E-state index contributed by atoms with van der Waals surface area (Å²) >= 11 is 0. The summed E-state index contributed by atoms with van der Waals surface area (Å²) in [6, 6.07) is 15.6. The van der Waals surface area contributed by atoms with E-state index in [9.17, 15) is 4.79 Å². The summed E-state index contributed by atoms with van der Waals surface area (Å²) in [5.74, 6) is 0.852. The van der Waals surface area contributed by atoms with E-state index in [-0.39, 0.29) is 5.91 Å². The number of ether oxygens (including phenoxy) is 1. The van der Waals surface area contributed by atoms with Gasteiger partial charge in [-0.15, -0.1) is 0 Å². The average molecular weight is 283 g/mol. The van der Waals surface area contributed by atoms with Gasteiger partial charge in [-0.05, 0) is 43.2 Å². The van der Waals surface area contributed by atoms with Gasteiger partial charge in [0.05, 0.1) is 7.11 Å². The van der Waals surface area contributed by atoms with Gasteiger partial charge < -0.3 is 9.64 Å². The molecule has 3 nitrogen and oxygen atoms in total. The zero-order valence-corrected chi connectivity index (χ0v) is 12.8. The molecule has 0 saturated carbocycles. The van der Waals surface area contributed by atoms with E-state index in [4.69, 9.17) is 4.74 Å². The topological polar surface area (TPSA) is 29.5 Å². The summed E-state index contributed by atoms with van der Waals surface area (Å²) in [5.41, 5.74) is 2.81. The largest absolute Gasteiger partial charge is 0.496 e. The van der Waals surface area contributed by atoms with Crippen LogP contribution in [0.15, 0.2) is 48.5 Å². The number of nitrogens with zero attached hydrogens (tertiary/aromatic N) is 1. The number of carbonyl (C=O) groups is 1. The Morgan fingerprint density at radius 2 is 1.86 bits per heavy atom. The number of hydrogen-bond acceptors (Lipinski definition) is 2. The minimum absolute atomic E-state index is 0.0482. The molecule has 110 valence electrons. The Bertz CT molecular complexity index is 608. The van der Waals surface area contributed by atoms with Crippen molar-refractivity contribution in [2.75, 3.05) is 13.7 Å². The van der Waals surface area contributed by atoms with Crippen LogP contribution in [-0.4, -0.2) is 24.5 Å². The minimum Gasteiger partial charge on any atom is -0.496 e. The smallest absolute Gasteiger partial charge is 0.254 e. The highest BCUT2D eigenvalue weighted by Crippen LogP contribution is 2.20. The molecule has 0 spiro atoms. The summed E-state index contributed by atoms with van der Waals surface area (Å²) in [5, 5.41) is 0. The Balaban J connectivity index is 2.18. The van der Waals surface area contributed by atoms with Gasteiger partial charge in [0.1, 0.15) is 5.75 Å². The zero-order chi connectivity index (χ0) is 15.2. The fourth-order valence-corrected chi connectivity index (χ4v) is 2.33. The van der Waals surface area contributed by atoms with Crippen molar-refractivity contribution >= 4 is 5.91 Å². The predicted molar refractivity (Wildman–Crippen MR) is 84.6 cm³/mol. The van der Waals surface area contributed by atoms with Crippen molar-refractivity contribution in [1.82, 2.24) is 4.90 Å². The van der Waals surface area contributed by atoms with Crippen LogP contribution in [0.25, 0.3) is 0 Å². The van der Waals surface area contributed by atoms with Crippen LogP contribution in [0.1, 0.15) is 28.4 Å². The van der Waals surface area contributed by atoms with E-state index in [0.717, 1.165) is 16.9 Å². The Morgan fingerprint density at radius 1 is 1.14 bits per heavy atom. The van der Waals surface area contributed by atoms with E-state index in [2.05, 4.69) is 0 Å². The van der Waals surface area contributed by atoms with Crippen LogP contribution in [0.5, 0.6) is 5.75 Å². The first-order valence-corrected chi connectivity index (χ1v) is 7.13. The molecule has 0 fully saturated rings. The first kappa shape index (κ1) is 15.1. The summed E-state index contributed by atoms with van der Waals surface area (Å²) < 4.78 is 5.24. The van der Waals surface area contributed by atoms with Crippen molar-refractivity contribution in [2.45, 2.75) is 20.4 Å². The van der Waals surface area contributed by atoms with Gasteiger partial charge in [-0.1, -0.05) is 30.3 Å². The highest BCUT2D eigenvalue weighted by molar-refractivity contribution is 5.94. The standard InChI is InChI=1S/C18H21NO2/c1-4-19(13-15-8-6-5-7-9-15)18(20)16-10-11-17(21-3)14(2)12-16/h5-12H,4,13H2,1-3H3. The van der Waals surface area contributed by atoms with E-state index in [0.29, 0.717) is 18.7 Å². The van der Waals surface area contributed by atoms with E-state index >= 15 is 0 Å². The molecule has 0 aliphatic heterocycles. The molecule has 2 rings (SSSR count). The van der Waals surface area contributed by atoms with Crippen molar-refractivity contribution in [3.8, 4) is 5.75 Å². The second kappa shape index (κ2) is 6.93. The molecule has 0 aliphatic rings. The molecule has 2 aromatic carbocycles.